The smallest absolute Gasteiger partial charge is 0.407 e. The van der Waals surface area contributed by atoms with Crippen LogP contribution < -0.4 is 5.32 Å². The maximum absolute atomic E-state index is 11.4. The summed E-state index contributed by atoms with van der Waals surface area (Å²) in [5, 5.41) is 11.2. The maximum atomic E-state index is 11.4. The van der Waals surface area contributed by atoms with Gasteiger partial charge in [0.05, 0.1) is 6.07 Å². The van der Waals surface area contributed by atoms with Crippen molar-refractivity contribution in [2.24, 2.45) is 0 Å². The van der Waals surface area contributed by atoms with Gasteiger partial charge in [-0.2, -0.15) is 5.26 Å². The third-order valence-corrected chi connectivity index (χ3v) is 2.19. The zero-order valence-electron chi connectivity index (χ0n) is 11.4. The highest BCUT2D eigenvalue weighted by molar-refractivity contribution is 5.67. The fourth-order valence-corrected chi connectivity index (χ4v) is 1.41. The second-order valence-electron chi connectivity index (χ2n) is 5.30. The molecule has 1 atom stereocenters. The molecule has 0 aliphatic rings. The highest BCUT2D eigenvalue weighted by atomic mass is 16.6. The number of nitrogens with one attached hydrogen (secondary N) is 1. The van der Waals surface area contributed by atoms with E-state index in [1.165, 1.54) is 0 Å². The van der Waals surface area contributed by atoms with Gasteiger partial charge in [0.15, 0.2) is 0 Å². The molecule has 0 aliphatic carbocycles. The van der Waals surface area contributed by atoms with E-state index in [4.69, 9.17) is 10.00 Å². The Kier molecular flexibility index (Phi) is 7.36. The van der Waals surface area contributed by atoms with Crippen molar-refractivity contribution >= 4 is 6.09 Å². The SMILES string of the molecule is CC(CCCCCC#N)NC(=O)OC(C)(C)C. The summed E-state index contributed by atoms with van der Waals surface area (Å²) < 4.78 is 5.16. The van der Waals surface area contributed by atoms with Crippen LogP contribution in [0.5, 0.6) is 0 Å². The lowest BCUT2D eigenvalue weighted by molar-refractivity contribution is 0.0506. The largest absolute Gasteiger partial charge is 0.444 e. The first-order chi connectivity index (χ1) is 7.85. The van der Waals surface area contributed by atoms with E-state index in [0.29, 0.717) is 6.42 Å². The van der Waals surface area contributed by atoms with Crippen LogP contribution in [0.25, 0.3) is 0 Å². The standard InChI is InChI=1S/C13H24N2O2/c1-11(9-7-5-6-8-10-14)15-12(16)17-13(2,3)4/h11H,5-9H2,1-4H3,(H,15,16). The van der Waals surface area contributed by atoms with E-state index >= 15 is 0 Å². The monoisotopic (exact) mass is 240 g/mol. The third kappa shape index (κ3) is 11.0. The van der Waals surface area contributed by atoms with E-state index < -0.39 is 5.60 Å². The molecule has 0 fully saturated rings. The van der Waals surface area contributed by atoms with Crippen LogP contribution in [0.15, 0.2) is 0 Å². The number of unbranched alkanes of at least 4 members (excludes halogenated alkanes) is 3. The number of hydrogen-bond donors (Lipinski definition) is 1. The molecule has 0 aromatic heterocycles. The van der Waals surface area contributed by atoms with E-state index in [9.17, 15) is 4.79 Å². The summed E-state index contributed by atoms with van der Waals surface area (Å²) in [6.45, 7) is 7.51. The van der Waals surface area contributed by atoms with E-state index in [1.807, 2.05) is 27.7 Å². The highest BCUT2D eigenvalue weighted by Gasteiger charge is 2.17. The van der Waals surface area contributed by atoms with Gasteiger partial charge in [0, 0.05) is 12.5 Å². The second-order valence-corrected chi connectivity index (χ2v) is 5.30. The summed E-state index contributed by atoms with van der Waals surface area (Å²) in [7, 11) is 0. The minimum absolute atomic E-state index is 0.118. The predicted molar refractivity (Wildman–Crippen MR) is 67.5 cm³/mol. The minimum Gasteiger partial charge on any atom is -0.444 e. The number of alkyl carbamates (subject to hydrolysis) is 1. The molecule has 0 saturated heterocycles. The Morgan fingerprint density at radius 1 is 1.35 bits per heavy atom. The Labute approximate surface area is 104 Å². The number of rotatable bonds is 6. The van der Waals surface area contributed by atoms with Crippen molar-refractivity contribution in [2.45, 2.75) is 71.4 Å². The molecule has 0 rings (SSSR count). The zero-order valence-corrected chi connectivity index (χ0v) is 11.4. The van der Waals surface area contributed by atoms with Crippen molar-refractivity contribution in [3.8, 4) is 6.07 Å². The predicted octanol–water partition coefficient (Wildman–Crippen LogP) is 3.37. The second kappa shape index (κ2) is 7.94. The van der Waals surface area contributed by atoms with Gasteiger partial charge in [-0.15, -0.1) is 0 Å². The van der Waals surface area contributed by atoms with E-state index in [0.717, 1.165) is 25.7 Å². The Morgan fingerprint density at radius 2 is 2.00 bits per heavy atom. The van der Waals surface area contributed by atoms with Crippen molar-refractivity contribution in [3.05, 3.63) is 0 Å². The first kappa shape index (κ1) is 15.8. The summed E-state index contributed by atoms with van der Waals surface area (Å²) in [4.78, 5) is 11.4. The Morgan fingerprint density at radius 3 is 2.53 bits per heavy atom. The van der Waals surface area contributed by atoms with Gasteiger partial charge in [0.25, 0.3) is 0 Å². The lowest BCUT2D eigenvalue weighted by atomic mass is 10.1. The van der Waals surface area contributed by atoms with Crippen molar-refractivity contribution in [2.75, 3.05) is 0 Å². The van der Waals surface area contributed by atoms with E-state index in [1.54, 1.807) is 0 Å². The molecule has 0 bridgehead atoms. The quantitative estimate of drug-likeness (QED) is 0.724. The number of nitriles is 1. The van der Waals surface area contributed by atoms with Gasteiger partial charge >= 0.3 is 6.09 Å². The van der Waals surface area contributed by atoms with Crippen LogP contribution in [-0.4, -0.2) is 17.7 Å². The molecule has 1 amide bonds. The number of carbonyl (C=O) groups excluding carboxylic acids is 1. The molecule has 98 valence electrons. The molecule has 0 heterocycles. The van der Waals surface area contributed by atoms with E-state index in [-0.39, 0.29) is 12.1 Å². The zero-order chi connectivity index (χ0) is 13.3. The van der Waals surface area contributed by atoms with Gasteiger partial charge < -0.3 is 10.1 Å². The Hall–Kier alpha value is -1.24. The minimum atomic E-state index is -0.448. The lowest BCUT2D eigenvalue weighted by Crippen LogP contribution is -2.37. The fourth-order valence-electron chi connectivity index (χ4n) is 1.41. The average Bonchev–Trinajstić information content (AvgIpc) is 2.14. The van der Waals surface area contributed by atoms with Crippen LogP contribution in [0.1, 0.15) is 59.8 Å². The molecule has 0 spiro atoms. The van der Waals surface area contributed by atoms with Crippen LogP contribution in [0, 0.1) is 11.3 Å². The number of hydrogen-bond acceptors (Lipinski definition) is 3. The summed E-state index contributed by atoms with van der Waals surface area (Å²) in [5.41, 5.74) is -0.448. The molecule has 4 heteroatoms. The van der Waals surface area contributed by atoms with Gasteiger partial charge in [-0.05, 0) is 40.5 Å². The summed E-state index contributed by atoms with van der Waals surface area (Å²) in [6.07, 6.45) is 4.18. The summed E-state index contributed by atoms with van der Waals surface area (Å²) >= 11 is 0. The normalized spacial score (nSPS) is 12.6. The van der Waals surface area contributed by atoms with Crippen molar-refractivity contribution < 1.29 is 9.53 Å². The van der Waals surface area contributed by atoms with Gasteiger partial charge in [0.1, 0.15) is 5.60 Å². The van der Waals surface area contributed by atoms with Gasteiger partial charge in [-0.25, -0.2) is 4.79 Å². The number of ether oxygens (including phenoxy) is 1. The number of amides is 1. The average molecular weight is 240 g/mol. The molecule has 4 nitrogen and oxygen atoms in total. The molecule has 0 aliphatic heterocycles. The lowest BCUT2D eigenvalue weighted by Gasteiger charge is -2.21. The molecule has 0 aromatic rings. The first-order valence-electron chi connectivity index (χ1n) is 6.21. The van der Waals surface area contributed by atoms with Gasteiger partial charge in [-0.3, -0.25) is 0 Å². The van der Waals surface area contributed by atoms with Gasteiger partial charge in [-0.1, -0.05) is 12.8 Å². The Balaban J connectivity index is 3.62. The fraction of sp³-hybridized carbons (Fsp3) is 0.846. The molecule has 1 unspecified atom stereocenters. The summed E-state index contributed by atoms with van der Waals surface area (Å²) in [6, 6.07) is 2.24. The molecule has 17 heavy (non-hydrogen) atoms. The van der Waals surface area contributed by atoms with Gasteiger partial charge in [0.2, 0.25) is 0 Å². The maximum Gasteiger partial charge on any atom is 0.407 e. The van der Waals surface area contributed by atoms with Crippen molar-refractivity contribution in [3.63, 3.8) is 0 Å². The molecule has 0 saturated carbocycles. The Bertz CT molecular complexity index is 264. The number of carbonyl (C=O) groups is 1. The van der Waals surface area contributed by atoms with Crippen LogP contribution in [0.3, 0.4) is 0 Å². The first-order valence-corrected chi connectivity index (χ1v) is 6.21. The van der Waals surface area contributed by atoms with Crippen molar-refractivity contribution in [1.82, 2.24) is 5.32 Å². The molecule has 0 aromatic carbocycles. The third-order valence-electron chi connectivity index (χ3n) is 2.19. The molecular weight excluding hydrogens is 216 g/mol. The topological polar surface area (TPSA) is 62.1 Å². The molecular formula is C13H24N2O2. The molecule has 0 radical (unpaired) electrons. The molecule has 1 N–H and O–H groups in total. The van der Waals surface area contributed by atoms with Crippen LogP contribution in [0.2, 0.25) is 0 Å². The highest BCUT2D eigenvalue weighted by Crippen LogP contribution is 2.08. The van der Waals surface area contributed by atoms with E-state index in [2.05, 4.69) is 11.4 Å². The van der Waals surface area contributed by atoms with Crippen molar-refractivity contribution in [1.29, 1.82) is 5.26 Å². The van der Waals surface area contributed by atoms with Crippen LogP contribution in [-0.2, 0) is 4.74 Å². The summed E-state index contributed by atoms with van der Waals surface area (Å²) in [5.74, 6) is 0. The van der Waals surface area contributed by atoms with Crippen LogP contribution in [0.4, 0.5) is 4.79 Å². The number of nitrogens with zero attached hydrogens (tertiary/aromatic N) is 1. The van der Waals surface area contributed by atoms with Crippen LogP contribution >= 0.6 is 0 Å².